The highest BCUT2D eigenvalue weighted by molar-refractivity contribution is 5.87. The van der Waals surface area contributed by atoms with Gasteiger partial charge in [0.25, 0.3) is 0 Å². The zero-order valence-corrected chi connectivity index (χ0v) is 7.42. The van der Waals surface area contributed by atoms with Crippen LogP contribution in [0.3, 0.4) is 0 Å². The fraction of sp³-hybridized carbons (Fsp3) is 0.333. The highest BCUT2D eigenvalue weighted by Gasteiger charge is 2.11. The van der Waals surface area contributed by atoms with Crippen molar-refractivity contribution in [3.05, 3.63) is 29.6 Å². The molecule has 0 aliphatic rings. The van der Waals surface area contributed by atoms with E-state index in [1.165, 1.54) is 18.3 Å². The molecule has 0 spiro atoms. The highest BCUT2D eigenvalue weighted by Crippen LogP contribution is 2.11. The molecular weight excluding hydrogens is 186 g/mol. The van der Waals surface area contributed by atoms with Gasteiger partial charge in [-0.1, -0.05) is 0 Å². The standard InChI is InChI=1S/C9H11NO4/c11-4-7(5-12)8-2-1-6(3-10-8)9(13)14/h1-3,7,11-12H,4-5H2,(H,13,14). The molecule has 3 N–H and O–H groups in total. The topological polar surface area (TPSA) is 90.7 Å². The molecule has 1 aromatic heterocycles. The number of aliphatic hydroxyl groups is 2. The van der Waals surface area contributed by atoms with Crippen LogP contribution in [0.1, 0.15) is 22.0 Å². The lowest BCUT2D eigenvalue weighted by Crippen LogP contribution is -2.11. The van der Waals surface area contributed by atoms with E-state index in [-0.39, 0.29) is 18.8 Å². The third-order valence-corrected chi connectivity index (χ3v) is 1.89. The second-order valence-electron chi connectivity index (χ2n) is 2.84. The normalized spacial score (nSPS) is 10.5. The van der Waals surface area contributed by atoms with E-state index in [2.05, 4.69) is 4.98 Å². The Labute approximate surface area is 80.7 Å². The summed E-state index contributed by atoms with van der Waals surface area (Å²) >= 11 is 0. The average molecular weight is 197 g/mol. The molecule has 1 aromatic rings. The Morgan fingerprint density at radius 1 is 1.36 bits per heavy atom. The molecule has 14 heavy (non-hydrogen) atoms. The van der Waals surface area contributed by atoms with Gasteiger partial charge in [0.05, 0.1) is 18.8 Å². The van der Waals surface area contributed by atoms with Crippen LogP contribution in [0.2, 0.25) is 0 Å². The number of nitrogens with zero attached hydrogens (tertiary/aromatic N) is 1. The number of carboxylic acids is 1. The maximum absolute atomic E-state index is 10.5. The van der Waals surface area contributed by atoms with Crippen molar-refractivity contribution >= 4 is 5.97 Å². The number of carbonyl (C=O) groups is 1. The Hall–Kier alpha value is -1.46. The van der Waals surface area contributed by atoms with Gasteiger partial charge in [0.15, 0.2) is 0 Å². The number of carboxylic acid groups (broad SMARTS) is 1. The third kappa shape index (κ3) is 2.27. The van der Waals surface area contributed by atoms with Crippen LogP contribution < -0.4 is 0 Å². The summed E-state index contributed by atoms with van der Waals surface area (Å²) in [5.41, 5.74) is 0.573. The smallest absolute Gasteiger partial charge is 0.337 e. The van der Waals surface area contributed by atoms with E-state index >= 15 is 0 Å². The molecule has 0 fully saturated rings. The molecule has 0 aliphatic heterocycles. The predicted molar refractivity (Wildman–Crippen MR) is 48.1 cm³/mol. The zero-order valence-electron chi connectivity index (χ0n) is 7.42. The summed E-state index contributed by atoms with van der Waals surface area (Å²) in [4.78, 5) is 14.3. The van der Waals surface area contributed by atoms with Crippen molar-refractivity contribution in [1.29, 1.82) is 0 Å². The molecular formula is C9H11NO4. The molecule has 1 rings (SSSR count). The molecule has 0 bridgehead atoms. The van der Waals surface area contributed by atoms with Gasteiger partial charge >= 0.3 is 5.97 Å². The number of aromatic carboxylic acids is 1. The molecule has 76 valence electrons. The summed E-state index contributed by atoms with van der Waals surface area (Å²) in [6, 6.07) is 2.88. The number of aliphatic hydroxyl groups excluding tert-OH is 2. The van der Waals surface area contributed by atoms with E-state index in [1.807, 2.05) is 0 Å². The van der Waals surface area contributed by atoms with Crippen LogP contribution in [0.15, 0.2) is 18.3 Å². The largest absolute Gasteiger partial charge is 0.478 e. The van der Waals surface area contributed by atoms with Gasteiger partial charge in [-0.2, -0.15) is 0 Å². The Morgan fingerprint density at radius 3 is 2.36 bits per heavy atom. The maximum atomic E-state index is 10.5. The van der Waals surface area contributed by atoms with Crippen LogP contribution in [0.5, 0.6) is 0 Å². The molecule has 0 unspecified atom stereocenters. The van der Waals surface area contributed by atoms with Crippen molar-refractivity contribution in [2.45, 2.75) is 5.92 Å². The molecule has 5 nitrogen and oxygen atoms in total. The van der Waals surface area contributed by atoms with E-state index in [1.54, 1.807) is 0 Å². The predicted octanol–water partition coefficient (Wildman–Crippen LogP) is -0.152. The van der Waals surface area contributed by atoms with Crippen LogP contribution in [-0.4, -0.2) is 39.5 Å². The second-order valence-corrected chi connectivity index (χ2v) is 2.84. The summed E-state index contributed by atoms with van der Waals surface area (Å²) in [5, 5.41) is 26.3. The van der Waals surface area contributed by atoms with Gasteiger partial charge in [-0.15, -0.1) is 0 Å². The quantitative estimate of drug-likeness (QED) is 0.624. The van der Waals surface area contributed by atoms with Crippen molar-refractivity contribution in [2.75, 3.05) is 13.2 Å². The van der Waals surface area contributed by atoms with Crippen molar-refractivity contribution in [1.82, 2.24) is 4.98 Å². The summed E-state index contributed by atoms with van der Waals surface area (Å²) in [7, 11) is 0. The van der Waals surface area contributed by atoms with E-state index < -0.39 is 11.9 Å². The lowest BCUT2D eigenvalue weighted by atomic mass is 10.1. The van der Waals surface area contributed by atoms with Crippen LogP contribution in [0, 0.1) is 0 Å². The SMILES string of the molecule is O=C(O)c1ccc(C(CO)CO)nc1. The summed E-state index contributed by atoms with van der Waals surface area (Å²) in [6.45, 7) is -0.425. The average Bonchev–Trinajstić information content (AvgIpc) is 2.20. The first-order valence-corrected chi connectivity index (χ1v) is 4.10. The molecule has 0 saturated carbocycles. The minimum Gasteiger partial charge on any atom is -0.478 e. The fourth-order valence-electron chi connectivity index (χ4n) is 1.02. The summed E-state index contributed by atoms with van der Waals surface area (Å²) in [6.07, 6.45) is 1.20. The van der Waals surface area contributed by atoms with E-state index in [0.29, 0.717) is 5.69 Å². The minimum absolute atomic E-state index is 0.0865. The van der Waals surface area contributed by atoms with Gasteiger partial charge in [0.1, 0.15) is 0 Å². The zero-order chi connectivity index (χ0) is 10.6. The second kappa shape index (κ2) is 4.69. The van der Waals surface area contributed by atoms with Crippen LogP contribution in [-0.2, 0) is 0 Å². The first-order chi connectivity index (χ1) is 6.69. The Bertz CT molecular complexity index is 305. The van der Waals surface area contributed by atoms with E-state index in [0.717, 1.165) is 0 Å². The summed E-state index contributed by atoms with van der Waals surface area (Å²) in [5.74, 6) is -1.49. The van der Waals surface area contributed by atoms with Crippen molar-refractivity contribution in [3.63, 3.8) is 0 Å². The Kier molecular flexibility index (Phi) is 3.55. The lowest BCUT2D eigenvalue weighted by molar-refractivity contribution is 0.0696. The van der Waals surface area contributed by atoms with Crippen LogP contribution in [0.25, 0.3) is 0 Å². The maximum Gasteiger partial charge on any atom is 0.337 e. The Morgan fingerprint density at radius 2 is 2.00 bits per heavy atom. The molecule has 0 amide bonds. The number of rotatable bonds is 4. The summed E-state index contributed by atoms with van der Waals surface area (Å²) < 4.78 is 0. The van der Waals surface area contributed by atoms with Gasteiger partial charge in [-0.25, -0.2) is 4.79 Å². The van der Waals surface area contributed by atoms with Gasteiger partial charge in [-0.3, -0.25) is 4.98 Å². The Balaban J connectivity index is 2.87. The molecule has 0 aliphatic carbocycles. The lowest BCUT2D eigenvalue weighted by Gasteiger charge is -2.09. The first-order valence-electron chi connectivity index (χ1n) is 4.10. The molecule has 0 saturated heterocycles. The minimum atomic E-state index is -1.05. The number of hydrogen-bond acceptors (Lipinski definition) is 4. The van der Waals surface area contributed by atoms with Crippen LogP contribution in [0.4, 0.5) is 0 Å². The monoisotopic (exact) mass is 197 g/mol. The van der Waals surface area contributed by atoms with Gasteiger partial charge in [0.2, 0.25) is 0 Å². The number of aromatic nitrogens is 1. The number of pyridine rings is 1. The number of hydrogen-bond donors (Lipinski definition) is 3. The van der Waals surface area contributed by atoms with Gasteiger partial charge in [0, 0.05) is 17.8 Å². The molecule has 0 radical (unpaired) electrons. The van der Waals surface area contributed by atoms with Gasteiger partial charge < -0.3 is 15.3 Å². The van der Waals surface area contributed by atoms with Crippen molar-refractivity contribution in [2.24, 2.45) is 0 Å². The van der Waals surface area contributed by atoms with Crippen molar-refractivity contribution in [3.8, 4) is 0 Å². The van der Waals surface area contributed by atoms with Crippen LogP contribution >= 0.6 is 0 Å². The molecule has 5 heteroatoms. The first kappa shape index (κ1) is 10.6. The van der Waals surface area contributed by atoms with Crippen molar-refractivity contribution < 1.29 is 20.1 Å². The fourth-order valence-corrected chi connectivity index (χ4v) is 1.02. The molecule has 1 heterocycles. The molecule has 0 atom stereocenters. The molecule has 0 aromatic carbocycles. The highest BCUT2D eigenvalue weighted by atomic mass is 16.4. The van der Waals surface area contributed by atoms with Gasteiger partial charge in [-0.05, 0) is 12.1 Å². The van der Waals surface area contributed by atoms with E-state index in [9.17, 15) is 4.79 Å². The van der Waals surface area contributed by atoms with E-state index in [4.69, 9.17) is 15.3 Å². The third-order valence-electron chi connectivity index (χ3n) is 1.89.